The lowest BCUT2D eigenvalue weighted by Gasteiger charge is -2.39. The third-order valence-corrected chi connectivity index (χ3v) is 6.36. The van der Waals surface area contributed by atoms with Gasteiger partial charge in [0.25, 0.3) is 0 Å². The minimum absolute atomic E-state index is 0.241. The van der Waals surface area contributed by atoms with Crippen LogP contribution in [0.5, 0.6) is 5.75 Å². The van der Waals surface area contributed by atoms with Gasteiger partial charge in [-0.3, -0.25) is 10.3 Å². The molecule has 27 heavy (non-hydrogen) atoms. The molecule has 146 valence electrons. The van der Waals surface area contributed by atoms with Crippen LogP contribution in [0, 0.1) is 0 Å². The van der Waals surface area contributed by atoms with Crippen LogP contribution < -0.4 is 15.5 Å². The number of likely N-dealkylation sites (tertiary alicyclic amines) is 1. The van der Waals surface area contributed by atoms with E-state index in [0.29, 0.717) is 6.04 Å². The van der Waals surface area contributed by atoms with Gasteiger partial charge in [0.2, 0.25) is 0 Å². The van der Waals surface area contributed by atoms with Gasteiger partial charge in [-0.15, -0.1) is 0 Å². The molecule has 2 fully saturated rings. The predicted octanol–water partition coefficient (Wildman–Crippen LogP) is 3.61. The normalized spacial score (nSPS) is 22.3. The van der Waals surface area contributed by atoms with Crippen molar-refractivity contribution in [1.82, 2.24) is 15.7 Å². The number of ether oxygens (including phenoxy) is 1. The van der Waals surface area contributed by atoms with Gasteiger partial charge in [-0.1, -0.05) is 31.4 Å². The maximum Gasteiger partial charge on any atom is 0.169 e. The number of nitrogens with one attached hydrogen (secondary N) is 2. The van der Waals surface area contributed by atoms with E-state index in [-0.39, 0.29) is 5.60 Å². The van der Waals surface area contributed by atoms with Crippen LogP contribution >= 0.6 is 12.2 Å². The van der Waals surface area contributed by atoms with Crippen LogP contribution in [0.3, 0.4) is 0 Å². The topological polar surface area (TPSA) is 45.8 Å². The fourth-order valence-corrected chi connectivity index (χ4v) is 4.61. The Morgan fingerprint density at radius 3 is 2.78 bits per heavy atom. The molecule has 0 bridgehead atoms. The van der Waals surface area contributed by atoms with Crippen molar-refractivity contribution in [1.29, 1.82) is 0 Å². The van der Waals surface area contributed by atoms with Crippen LogP contribution in [-0.2, 0) is 4.84 Å². The molecule has 1 spiro atoms. The lowest BCUT2D eigenvalue weighted by Crippen LogP contribution is -2.51. The summed E-state index contributed by atoms with van der Waals surface area (Å²) in [5.74, 6) is 0.852. The van der Waals surface area contributed by atoms with Crippen molar-refractivity contribution >= 4 is 23.0 Å². The van der Waals surface area contributed by atoms with E-state index in [0.717, 1.165) is 48.1 Å². The highest BCUT2D eigenvalue weighted by Crippen LogP contribution is 2.35. The standard InChI is InChI=1S/C21H29N3O2S/c1-25-18-9-5-6-16(14-18)19-15-21(26-23-19)10-12-24(13-11-21)20(27)22-17-7-3-2-4-8-17/h5-6,9,14-15,17,23H,2-4,7-8,10-13H2,1H3,(H,22,27). The number of hydrogen-bond acceptors (Lipinski definition) is 4. The van der Waals surface area contributed by atoms with Gasteiger partial charge in [0.05, 0.1) is 12.8 Å². The maximum absolute atomic E-state index is 6.03. The van der Waals surface area contributed by atoms with Crippen LogP contribution in [0.2, 0.25) is 0 Å². The fraction of sp³-hybridized carbons (Fsp3) is 0.571. The first kappa shape index (κ1) is 18.6. The van der Waals surface area contributed by atoms with E-state index in [9.17, 15) is 0 Å². The zero-order valence-electron chi connectivity index (χ0n) is 16.0. The first-order valence-electron chi connectivity index (χ1n) is 10.0. The number of hydroxylamine groups is 1. The van der Waals surface area contributed by atoms with Crippen LogP contribution in [0.15, 0.2) is 30.3 Å². The molecule has 1 saturated carbocycles. The number of hydrogen-bond donors (Lipinski definition) is 2. The zero-order valence-corrected chi connectivity index (χ0v) is 16.8. The highest BCUT2D eigenvalue weighted by Gasteiger charge is 2.39. The Labute approximate surface area is 167 Å². The van der Waals surface area contributed by atoms with Crippen molar-refractivity contribution in [2.45, 2.75) is 56.6 Å². The molecule has 0 aromatic heterocycles. The molecule has 1 aliphatic carbocycles. The van der Waals surface area contributed by atoms with Crippen LogP contribution in [-0.4, -0.2) is 41.9 Å². The van der Waals surface area contributed by atoms with Gasteiger partial charge in [0.1, 0.15) is 11.4 Å². The average molecular weight is 388 g/mol. The highest BCUT2D eigenvalue weighted by molar-refractivity contribution is 7.80. The Morgan fingerprint density at radius 2 is 2.04 bits per heavy atom. The highest BCUT2D eigenvalue weighted by atomic mass is 32.1. The molecule has 0 amide bonds. The van der Waals surface area contributed by atoms with E-state index in [1.807, 2.05) is 18.2 Å². The van der Waals surface area contributed by atoms with Gasteiger partial charge in [-0.2, -0.15) is 0 Å². The smallest absolute Gasteiger partial charge is 0.169 e. The zero-order chi connectivity index (χ0) is 18.7. The molecule has 0 unspecified atom stereocenters. The second-order valence-corrected chi connectivity index (χ2v) is 8.22. The number of methoxy groups -OCH3 is 1. The summed E-state index contributed by atoms with van der Waals surface area (Å²) in [5.41, 5.74) is 5.00. The molecule has 1 aromatic rings. The summed E-state index contributed by atoms with van der Waals surface area (Å²) in [6, 6.07) is 8.61. The summed E-state index contributed by atoms with van der Waals surface area (Å²) in [6.45, 7) is 1.84. The molecule has 1 aromatic carbocycles. The van der Waals surface area contributed by atoms with Gasteiger partial charge >= 0.3 is 0 Å². The van der Waals surface area contributed by atoms with Crippen molar-refractivity contribution in [2.75, 3.05) is 20.2 Å². The predicted molar refractivity (Wildman–Crippen MR) is 111 cm³/mol. The number of rotatable bonds is 3. The van der Waals surface area contributed by atoms with Crippen molar-refractivity contribution in [3.63, 3.8) is 0 Å². The van der Waals surface area contributed by atoms with Gasteiger partial charge in [0.15, 0.2) is 5.11 Å². The quantitative estimate of drug-likeness (QED) is 0.773. The van der Waals surface area contributed by atoms with Gasteiger partial charge in [0, 0.05) is 37.5 Å². The molecule has 0 atom stereocenters. The Balaban J connectivity index is 1.35. The Bertz CT molecular complexity index is 707. The van der Waals surface area contributed by atoms with Crippen molar-refractivity contribution in [2.24, 2.45) is 0 Å². The van der Waals surface area contributed by atoms with E-state index < -0.39 is 0 Å². The van der Waals surface area contributed by atoms with E-state index in [1.165, 1.54) is 32.1 Å². The van der Waals surface area contributed by atoms with E-state index in [2.05, 4.69) is 27.8 Å². The Kier molecular flexibility index (Phi) is 5.55. The first-order valence-corrected chi connectivity index (χ1v) is 10.5. The summed E-state index contributed by atoms with van der Waals surface area (Å²) >= 11 is 5.67. The molecule has 6 heteroatoms. The Hall–Kier alpha value is -1.79. The van der Waals surface area contributed by atoms with Crippen LogP contribution in [0.25, 0.3) is 5.70 Å². The SMILES string of the molecule is COc1cccc(C2=CC3(CCN(C(=S)NC4CCCCC4)CC3)ON2)c1. The number of piperidine rings is 1. The lowest BCUT2D eigenvalue weighted by atomic mass is 9.90. The molecule has 3 aliphatic rings. The van der Waals surface area contributed by atoms with Crippen LogP contribution in [0.4, 0.5) is 0 Å². The first-order chi connectivity index (χ1) is 13.2. The summed E-state index contributed by atoms with van der Waals surface area (Å²) in [5, 5.41) is 4.50. The summed E-state index contributed by atoms with van der Waals surface area (Å²) in [7, 11) is 1.69. The molecule has 2 N–H and O–H groups in total. The summed E-state index contributed by atoms with van der Waals surface area (Å²) < 4.78 is 5.33. The maximum atomic E-state index is 6.03. The van der Waals surface area contributed by atoms with Crippen molar-refractivity contribution in [3.8, 4) is 5.75 Å². The van der Waals surface area contributed by atoms with Gasteiger partial charge in [-0.25, -0.2) is 0 Å². The molecule has 1 saturated heterocycles. The lowest BCUT2D eigenvalue weighted by molar-refractivity contribution is -0.0618. The third-order valence-electron chi connectivity index (χ3n) is 5.98. The Morgan fingerprint density at radius 1 is 1.26 bits per heavy atom. The van der Waals surface area contributed by atoms with E-state index in [4.69, 9.17) is 21.8 Å². The molecular formula is C21H29N3O2S. The van der Waals surface area contributed by atoms with Gasteiger partial charge in [-0.05, 0) is 43.3 Å². The largest absolute Gasteiger partial charge is 0.497 e. The summed E-state index contributed by atoms with van der Waals surface area (Å²) in [6.07, 6.45) is 10.6. The molecule has 0 radical (unpaired) electrons. The average Bonchev–Trinajstić information content (AvgIpc) is 3.13. The molecule has 4 rings (SSSR count). The second kappa shape index (κ2) is 8.07. The number of nitrogens with zero attached hydrogens (tertiary/aromatic N) is 1. The van der Waals surface area contributed by atoms with Crippen molar-refractivity contribution < 1.29 is 9.57 Å². The van der Waals surface area contributed by atoms with Gasteiger partial charge < -0.3 is 15.0 Å². The fourth-order valence-electron chi connectivity index (χ4n) is 4.26. The molecule has 2 aliphatic heterocycles. The van der Waals surface area contributed by atoms with E-state index >= 15 is 0 Å². The van der Waals surface area contributed by atoms with Crippen molar-refractivity contribution in [3.05, 3.63) is 35.9 Å². The van der Waals surface area contributed by atoms with Crippen LogP contribution in [0.1, 0.15) is 50.5 Å². The molecule has 5 nitrogen and oxygen atoms in total. The summed E-state index contributed by atoms with van der Waals surface area (Å²) in [4.78, 5) is 8.33. The minimum Gasteiger partial charge on any atom is -0.497 e. The minimum atomic E-state index is -0.241. The molecule has 2 heterocycles. The van der Waals surface area contributed by atoms with E-state index in [1.54, 1.807) is 7.11 Å². The monoisotopic (exact) mass is 387 g/mol. The molecular weight excluding hydrogens is 358 g/mol. The number of benzene rings is 1. The third kappa shape index (κ3) is 4.22. The number of thiocarbonyl (C=S) groups is 1. The second-order valence-electron chi connectivity index (χ2n) is 7.83.